The number of rotatable bonds is 4. The third kappa shape index (κ3) is 17.8. The molecule has 0 amide bonds. The van der Waals surface area contributed by atoms with E-state index in [0.29, 0.717) is 13.0 Å². The monoisotopic (exact) mass is 186 g/mol. The van der Waals surface area contributed by atoms with Gasteiger partial charge in [-0.1, -0.05) is 24.8 Å². The van der Waals surface area contributed by atoms with Gasteiger partial charge in [0.15, 0.2) is 0 Å². The highest BCUT2D eigenvalue weighted by Gasteiger charge is 1.99. The first-order chi connectivity index (χ1) is 5.06. The van der Waals surface area contributed by atoms with Gasteiger partial charge in [0, 0.05) is 13.2 Å². The van der Waals surface area contributed by atoms with Crippen molar-refractivity contribution >= 4 is 11.0 Å². The van der Waals surface area contributed by atoms with Crippen molar-refractivity contribution in [3.8, 4) is 0 Å². The molecule has 0 saturated carbocycles. The average Bonchev–Trinajstić information content (AvgIpc) is 1.90. The van der Waals surface area contributed by atoms with Gasteiger partial charge in [0.25, 0.3) is 0 Å². The first kappa shape index (κ1) is 13.7. The second-order valence-corrected chi connectivity index (χ2v) is 3.04. The van der Waals surface area contributed by atoms with E-state index in [0.717, 1.165) is 0 Å². The third-order valence-corrected chi connectivity index (χ3v) is 1.28. The lowest BCUT2D eigenvalue weighted by Crippen LogP contribution is -2.27. The van der Waals surface area contributed by atoms with Gasteiger partial charge in [-0.15, -0.1) is 0 Å². The highest BCUT2D eigenvalue weighted by Crippen LogP contribution is 2.20. The van der Waals surface area contributed by atoms with Crippen LogP contribution in [0.4, 0.5) is 0 Å². The van der Waals surface area contributed by atoms with Crippen LogP contribution in [0.25, 0.3) is 0 Å². The van der Waals surface area contributed by atoms with Crippen LogP contribution < -0.4 is 9.86 Å². The van der Waals surface area contributed by atoms with Crippen LogP contribution >= 0.6 is 11.0 Å². The molecule has 0 aromatic carbocycles. The maximum absolute atomic E-state index is 8.47. The van der Waals surface area contributed by atoms with E-state index in [-0.39, 0.29) is 6.61 Å². The normalized spacial score (nSPS) is 11.8. The number of hydrogen-bond donors (Lipinski definition) is 5. The van der Waals surface area contributed by atoms with Crippen LogP contribution in [-0.4, -0.2) is 27.4 Å². The molecule has 0 rings (SSSR count). The van der Waals surface area contributed by atoms with E-state index < -0.39 is 11.0 Å². The molecule has 11 heavy (non-hydrogen) atoms. The number of aliphatic hydroxyl groups is 1. The standard InChI is InChI=1S/C3H12N2O3S.C2H6/c4-9(7,8)5-2-1-3-6;1-2/h5-8H,1-4H2;1-2H3. The van der Waals surface area contributed by atoms with Crippen molar-refractivity contribution in [3.05, 3.63) is 0 Å². The Bertz CT molecular complexity index is 76.6. The van der Waals surface area contributed by atoms with Crippen LogP contribution in [0.2, 0.25) is 0 Å². The molecule has 0 bridgehead atoms. The largest absolute Gasteiger partial charge is 0.396 e. The zero-order chi connectivity index (χ0) is 9.33. The molecule has 0 unspecified atom stereocenters. The molecule has 0 fully saturated rings. The molecule has 6 heteroatoms. The van der Waals surface area contributed by atoms with Crippen molar-refractivity contribution in [2.24, 2.45) is 5.14 Å². The van der Waals surface area contributed by atoms with Crippen LogP contribution in [0.5, 0.6) is 0 Å². The third-order valence-electron chi connectivity index (χ3n) is 0.649. The van der Waals surface area contributed by atoms with Crippen LogP contribution in [0, 0.1) is 0 Å². The fraction of sp³-hybridized carbons (Fsp3) is 1.00. The number of nitrogens with two attached hydrogens (primary N) is 1. The summed E-state index contributed by atoms with van der Waals surface area (Å²) in [5.41, 5.74) is 0. The molecule has 0 spiro atoms. The maximum atomic E-state index is 8.47. The summed E-state index contributed by atoms with van der Waals surface area (Å²) < 4.78 is 19.2. The van der Waals surface area contributed by atoms with Crippen molar-refractivity contribution in [2.45, 2.75) is 20.3 Å². The van der Waals surface area contributed by atoms with Gasteiger partial charge in [0.2, 0.25) is 0 Å². The fourth-order valence-electron chi connectivity index (χ4n) is 0.301. The molecule has 0 aliphatic heterocycles. The Morgan fingerprint density at radius 2 is 1.82 bits per heavy atom. The highest BCUT2D eigenvalue weighted by molar-refractivity contribution is 8.20. The molecule has 0 aromatic heterocycles. The predicted octanol–water partition coefficient (Wildman–Crippen LogP) is 0.524. The summed E-state index contributed by atoms with van der Waals surface area (Å²) in [7, 11) is -3.06. The molecule has 0 aliphatic carbocycles. The summed E-state index contributed by atoms with van der Waals surface area (Å²) in [5, 5.41) is 13.0. The van der Waals surface area contributed by atoms with Crippen LogP contribution in [0.3, 0.4) is 0 Å². The minimum atomic E-state index is -3.06. The molecule has 0 radical (unpaired) electrons. The lowest BCUT2D eigenvalue weighted by atomic mass is 10.5. The van der Waals surface area contributed by atoms with Gasteiger partial charge in [0.05, 0.1) is 0 Å². The van der Waals surface area contributed by atoms with E-state index in [1.165, 1.54) is 0 Å². The summed E-state index contributed by atoms with van der Waals surface area (Å²) >= 11 is 0. The van der Waals surface area contributed by atoms with Gasteiger partial charge in [-0.05, 0) is 6.42 Å². The van der Waals surface area contributed by atoms with E-state index in [1.807, 2.05) is 13.8 Å². The summed E-state index contributed by atoms with van der Waals surface area (Å²) in [4.78, 5) is 0. The van der Waals surface area contributed by atoms with Crippen LogP contribution in [0.15, 0.2) is 0 Å². The molecular weight excluding hydrogens is 168 g/mol. The topological polar surface area (TPSA) is 98.7 Å². The minimum Gasteiger partial charge on any atom is -0.396 e. The van der Waals surface area contributed by atoms with E-state index in [4.69, 9.17) is 19.4 Å². The quantitative estimate of drug-likeness (QED) is 0.412. The maximum Gasteiger partial charge on any atom is 0.0443 e. The van der Waals surface area contributed by atoms with Crippen molar-refractivity contribution in [3.63, 3.8) is 0 Å². The second-order valence-electron chi connectivity index (χ2n) is 1.56. The average molecular weight is 186 g/mol. The molecule has 0 aliphatic rings. The van der Waals surface area contributed by atoms with Gasteiger partial charge in [-0.3, -0.25) is 9.11 Å². The Kier molecular flexibility index (Phi) is 10.3. The summed E-state index contributed by atoms with van der Waals surface area (Å²) in [6, 6.07) is 0. The number of nitrogens with one attached hydrogen (secondary N) is 1. The molecule has 6 N–H and O–H groups in total. The van der Waals surface area contributed by atoms with Crippen molar-refractivity contribution in [1.29, 1.82) is 0 Å². The van der Waals surface area contributed by atoms with Gasteiger partial charge in [-0.25, -0.2) is 9.86 Å². The lowest BCUT2D eigenvalue weighted by Gasteiger charge is -2.26. The number of aliphatic hydroxyl groups excluding tert-OH is 1. The molecule has 0 heterocycles. The molecule has 0 atom stereocenters. The smallest absolute Gasteiger partial charge is 0.0443 e. The summed E-state index contributed by atoms with van der Waals surface area (Å²) in [5.74, 6) is 0. The minimum absolute atomic E-state index is 0.0164. The molecule has 0 saturated heterocycles. The summed E-state index contributed by atoms with van der Waals surface area (Å²) in [6.45, 7) is 4.33. The molecule has 72 valence electrons. The van der Waals surface area contributed by atoms with Gasteiger partial charge >= 0.3 is 0 Å². The Labute approximate surface area is 69.2 Å². The number of hydrogen-bond acceptors (Lipinski definition) is 5. The molecular formula is C5H18N2O3S. The fourth-order valence-corrected chi connectivity index (χ4v) is 0.746. The first-order valence-corrected chi connectivity index (χ1v) is 5.08. The van der Waals surface area contributed by atoms with Crippen LogP contribution in [-0.2, 0) is 0 Å². The molecule has 5 nitrogen and oxygen atoms in total. The van der Waals surface area contributed by atoms with E-state index >= 15 is 0 Å². The zero-order valence-corrected chi connectivity index (χ0v) is 7.77. The second kappa shape index (κ2) is 8.25. The van der Waals surface area contributed by atoms with Crippen molar-refractivity contribution in [2.75, 3.05) is 13.2 Å². The van der Waals surface area contributed by atoms with E-state index in [1.54, 1.807) is 0 Å². The van der Waals surface area contributed by atoms with Crippen molar-refractivity contribution in [1.82, 2.24) is 4.72 Å². The van der Waals surface area contributed by atoms with E-state index in [9.17, 15) is 0 Å². The van der Waals surface area contributed by atoms with Crippen molar-refractivity contribution < 1.29 is 14.2 Å². The Morgan fingerprint density at radius 1 is 1.36 bits per heavy atom. The molecule has 0 aromatic rings. The SMILES string of the molecule is CC.NS(O)(O)NCCCO. The van der Waals surface area contributed by atoms with Gasteiger partial charge < -0.3 is 5.11 Å². The highest BCUT2D eigenvalue weighted by atomic mass is 32.3. The predicted molar refractivity (Wildman–Crippen MR) is 48.1 cm³/mol. The summed E-state index contributed by atoms with van der Waals surface area (Å²) in [6.07, 6.45) is 0.465. The van der Waals surface area contributed by atoms with E-state index in [2.05, 4.69) is 4.72 Å². The zero-order valence-electron chi connectivity index (χ0n) is 6.95. The lowest BCUT2D eigenvalue weighted by molar-refractivity contribution is 0.288. The first-order valence-electron chi connectivity index (χ1n) is 3.47. The van der Waals surface area contributed by atoms with Gasteiger partial charge in [-0.2, -0.15) is 0 Å². The Balaban J connectivity index is 0. The van der Waals surface area contributed by atoms with Gasteiger partial charge in [0.1, 0.15) is 0 Å². The Morgan fingerprint density at radius 3 is 2.09 bits per heavy atom. The van der Waals surface area contributed by atoms with Crippen LogP contribution in [0.1, 0.15) is 20.3 Å². The Hall–Kier alpha value is 0.150.